The number of carbonyl (C=O) groups excluding carboxylic acids is 1. The summed E-state index contributed by atoms with van der Waals surface area (Å²) in [5, 5.41) is 0.807. The van der Waals surface area contributed by atoms with Gasteiger partial charge in [0.2, 0.25) is 0 Å². The molecule has 0 fully saturated rings. The Bertz CT molecular complexity index is 768. The number of hydrogen-bond acceptors (Lipinski definition) is 4. The molecule has 0 saturated carbocycles. The second kappa shape index (κ2) is 31.7. The summed E-state index contributed by atoms with van der Waals surface area (Å²) in [5.41, 5.74) is 0.924. The molecule has 44 heavy (non-hydrogen) atoms. The first kappa shape index (κ1) is 40.8. The molecular formula is C39H69BrO4. The number of ether oxygens (including phenoxy) is 3. The fourth-order valence-corrected chi connectivity index (χ4v) is 5.87. The van der Waals surface area contributed by atoms with Crippen molar-refractivity contribution in [1.82, 2.24) is 0 Å². The van der Waals surface area contributed by atoms with Gasteiger partial charge in [-0.3, -0.25) is 4.79 Å². The van der Waals surface area contributed by atoms with Crippen LogP contribution in [0.15, 0.2) is 18.2 Å². The van der Waals surface area contributed by atoms with Gasteiger partial charge in [-0.2, -0.15) is 0 Å². The Kier molecular flexibility index (Phi) is 29.4. The first-order valence-electron chi connectivity index (χ1n) is 18.8. The van der Waals surface area contributed by atoms with Crippen molar-refractivity contribution in [3.8, 4) is 11.5 Å². The Hall–Kier alpha value is -1.23. The van der Waals surface area contributed by atoms with E-state index in [4.69, 9.17) is 14.2 Å². The van der Waals surface area contributed by atoms with Crippen molar-refractivity contribution in [3.05, 3.63) is 23.8 Å². The lowest BCUT2D eigenvalue weighted by Crippen LogP contribution is -2.06. The summed E-state index contributed by atoms with van der Waals surface area (Å²) in [6.07, 6.45) is 33.3. The maximum atomic E-state index is 12.0. The van der Waals surface area contributed by atoms with Crippen LogP contribution in [0.5, 0.6) is 11.5 Å². The molecule has 256 valence electrons. The normalized spacial score (nSPS) is 11.2. The number of esters is 1. The van der Waals surface area contributed by atoms with Crippen molar-refractivity contribution in [2.75, 3.05) is 18.5 Å². The quantitative estimate of drug-likeness (QED) is 0.0421. The first-order valence-corrected chi connectivity index (χ1v) is 19.9. The van der Waals surface area contributed by atoms with Crippen LogP contribution in [0, 0.1) is 0 Å². The van der Waals surface area contributed by atoms with E-state index in [1.165, 1.54) is 141 Å². The van der Waals surface area contributed by atoms with Crippen LogP contribution in [0.3, 0.4) is 0 Å². The van der Waals surface area contributed by atoms with Crippen LogP contribution in [0.25, 0.3) is 0 Å². The fraction of sp³-hybridized carbons (Fsp3) is 0.821. The predicted octanol–water partition coefficient (Wildman–Crippen LogP) is 13.1. The van der Waals surface area contributed by atoms with Gasteiger partial charge in [0.1, 0.15) is 18.1 Å². The number of rotatable bonds is 33. The molecule has 5 heteroatoms. The van der Waals surface area contributed by atoms with Crippen LogP contribution >= 0.6 is 15.9 Å². The number of alkyl halides is 1. The second-order valence-corrected chi connectivity index (χ2v) is 13.5. The highest BCUT2D eigenvalue weighted by Gasteiger charge is 2.08. The molecule has 0 aliphatic heterocycles. The Labute approximate surface area is 281 Å². The lowest BCUT2D eigenvalue weighted by molar-refractivity contribution is -0.144. The standard InChI is InChI=1S/C39H69BrO4/c1-3-5-7-9-11-13-14-15-16-17-18-20-22-24-26-31-43-38-33-36(35-44-39(41)28-27-29-40)32-37(34-38)42-30-25-23-21-19-12-10-8-6-4-2/h32-34H,3-31,35H2,1-2H3. The molecule has 0 aliphatic carbocycles. The molecule has 0 spiro atoms. The van der Waals surface area contributed by atoms with Gasteiger partial charge in [0.05, 0.1) is 13.2 Å². The molecule has 0 atom stereocenters. The molecule has 0 radical (unpaired) electrons. The SMILES string of the molecule is CCCCCCCCCCCCCCCCCOc1cc(COC(=O)CCCBr)cc(OCCCCCCCCCCC)c1. The van der Waals surface area contributed by atoms with E-state index in [0.29, 0.717) is 19.6 Å². The van der Waals surface area contributed by atoms with E-state index < -0.39 is 0 Å². The topological polar surface area (TPSA) is 44.8 Å². The lowest BCUT2D eigenvalue weighted by atomic mass is 10.0. The van der Waals surface area contributed by atoms with Crippen molar-refractivity contribution in [2.45, 2.75) is 187 Å². The molecule has 0 amide bonds. The van der Waals surface area contributed by atoms with E-state index in [2.05, 4.69) is 29.8 Å². The van der Waals surface area contributed by atoms with E-state index >= 15 is 0 Å². The van der Waals surface area contributed by atoms with Crippen LogP contribution in [0.4, 0.5) is 0 Å². The smallest absolute Gasteiger partial charge is 0.306 e. The molecule has 1 aromatic carbocycles. The molecule has 0 saturated heterocycles. The fourth-order valence-electron chi connectivity index (χ4n) is 5.59. The number of carbonyl (C=O) groups is 1. The van der Waals surface area contributed by atoms with Crippen molar-refractivity contribution >= 4 is 21.9 Å². The average molecular weight is 682 g/mol. The third-order valence-corrected chi connectivity index (χ3v) is 8.95. The largest absolute Gasteiger partial charge is 0.493 e. The number of halogens is 1. The van der Waals surface area contributed by atoms with Gasteiger partial charge in [0, 0.05) is 17.8 Å². The summed E-state index contributed by atoms with van der Waals surface area (Å²) in [4.78, 5) is 12.0. The monoisotopic (exact) mass is 680 g/mol. The zero-order valence-corrected chi connectivity index (χ0v) is 30.5. The molecule has 0 heterocycles. The predicted molar refractivity (Wildman–Crippen MR) is 192 cm³/mol. The Balaban J connectivity index is 2.27. The molecule has 0 unspecified atom stereocenters. The Morgan fingerprint density at radius 1 is 0.523 bits per heavy atom. The van der Waals surface area contributed by atoms with Gasteiger partial charge >= 0.3 is 5.97 Å². The van der Waals surface area contributed by atoms with Crippen LogP contribution < -0.4 is 9.47 Å². The maximum Gasteiger partial charge on any atom is 0.306 e. The van der Waals surface area contributed by atoms with Gasteiger partial charge in [0.15, 0.2) is 0 Å². The van der Waals surface area contributed by atoms with E-state index in [1.54, 1.807) is 0 Å². The van der Waals surface area contributed by atoms with Gasteiger partial charge in [-0.1, -0.05) is 171 Å². The third-order valence-electron chi connectivity index (χ3n) is 8.39. The van der Waals surface area contributed by atoms with Crippen LogP contribution in [0.2, 0.25) is 0 Å². The average Bonchev–Trinajstić information content (AvgIpc) is 3.03. The minimum atomic E-state index is -0.161. The van der Waals surface area contributed by atoms with Crippen molar-refractivity contribution in [2.24, 2.45) is 0 Å². The highest BCUT2D eigenvalue weighted by Crippen LogP contribution is 2.25. The number of hydrogen-bond donors (Lipinski definition) is 0. The molecule has 0 aromatic heterocycles. The Morgan fingerprint density at radius 3 is 1.25 bits per heavy atom. The van der Waals surface area contributed by atoms with E-state index in [0.717, 1.165) is 41.7 Å². The van der Waals surface area contributed by atoms with Gasteiger partial charge in [-0.25, -0.2) is 0 Å². The van der Waals surface area contributed by atoms with E-state index in [-0.39, 0.29) is 12.6 Å². The van der Waals surface area contributed by atoms with Gasteiger partial charge in [-0.15, -0.1) is 0 Å². The second-order valence-electron chi connectivity index (χ2n) is 12.7. The summed E-state index contributed by atoms with van der Waals surface area (Å²) in [5.74, 6) is 1.46. The van der Waals surface area contributed by atoms with Gasteiger partial charge in [0.25, 0.3) is 0 Å². The summed E-state index contributed by atoms with van der Waals surface area (Å²) in [6.45, 7) is 6.24. The van der Waals surface area contributed by atoms with E-state index in [1.807, 2.05) is 18.2 Å². The number of benzene rings is 1. The molecule has 0 N–H and O–H groups in total. The lowest BCUT2D eigenvalue weighted by Gasteiger charge is -2.13. The molecular weight excluding hydrogens is 612 g/mol. The molecule has 1 aromatic rings. The van der Waals surface area contributed by atoms with Crippen LogP contribution in [-0.2, 0) is 16.1 Å². The third kappa shape index (κ3) is 26.0. The van der Waals surface area contributed by atoms with Gasteiger partial charge < -0.3 is 14.2 Å². The van der Waals surface area contributed by atoms with Gasteiger partial charge in [-0.05, 0) is 37.0 Å². The van der Waals surface area contributed by atoms with Crippen LogP contribution in [0.1, 0.15) is 186 Å². The van der Waals surface area contributed by atoms with Crippen molar-refractivity contribution in [1.29, 1.82) is 0 Å². The maximum absolute atomic E-state index is 12.0. The molecule has 4 nitrogen and oxygen atoms in total. The highest BCUT2D eigenvalue weighted by molar-refractivity contribution is 9.09. The van der Waals surface area contributed by atoms with E-state index in [9.17, 15) is 4.79 Å². The summed E-state index contributed by atoms with van der Waals surface area (Å²) in [7, 11) is 0. The molecule has 0 bridgehead atoms. The first-order chi connectivity index (χ1) is 21.7. The van der Waals surface area contributed by atoms with Crippen molar-refractivity contribution in [3.63, 3.8) is 0 Å². The Morgan fingerprint density at radius 2 is 0.886 bits per heavy atom. The summed E-state index contributed by atoms with van der Waals surface area (Å²) < 4.78 is 17.8. The summed E-state index contributed by atoms with van der Waals surface area (Å²) in [6, 6.07) is 5.98. The minimum absolute atomic E-state index is 0.161. The van der Waals surface area contributed by atoms with Crippen LogP contribution in [-0.4, -0.2) is 24.5 Å². The van der Waals surface area contributed by atoms with Crippen molar-refractivity contribution < 1.29 is 19.0 Å². The highest BCUT2D eigenvalue weighted by atomic mass is 79.9. The molecule has 1 rings (SSSR count). The summed E-state index contributed by atoms with van der Waals surface area (Å²) >= 11 is 3.38. The molecule has 0 aliphatic rings. The zero-order chi connectivity index (χ0) is 31.8. The zero-order valence-electron chi connectivity index (χ0n) is 29.0. The minimum Gasteiger partial charge on any atom is -0.493 e. The number of unbranched alkanes of at least 4 members (excludes halogenated alkanes) is 22.